The Morgan fingerprint density at radius 3 is 2.64 bits per heavy atom. The van der Waals surface area contributed by atoms with E-state index in [-0.39, 0.29) is 6.03 Å². The van der Waals surface area contributed by atoms with Crippen LogP contribution in [0.5, 0.6) is 11.5 Å². The van der Waals surface area contributed by atoms with E-state index in [1.54, 1.807) is 13.2 Å². The number of carbonyl (C=O) groups excluding carboxylic acids is 1. The largest absolute Gasteiger partial charge is 0.497 e. The van der Waals surface area contributed by atoms with Gasteiger partial charge in [0, 0.05) is 11.8 Å². The van der Waals surface area contributed by atoms with Crippen LogP contribution in [0, 0.1) is 6.92 Å². The first-order valence-corrected chi connectivity index (χ1v) is 7.06. The van der Waals surface area contributed by atoms with Gasteiger partial charge in [-0.1, -0.05) is 18.2 Å². The van der Waals surface area contributed by atoms with Gasteiger partial charge in [0.1, 0.15) is 18.1 Å². The standard InChI is InChI=1S/C17H20N2O3/c1-13-5-3-6-14(11-13)19-17(20)18-9-10-22-16-8-4-7-15(12-16)21-2/h3-8,11-12H,9-10H2,1-2H3,(H2,18,19,20). The smallest absolute Gasteiger partial charge is 0.319 e. The second kappa shape index (κ2) is 7.93. The second-order valence-corrected chi connectivity index (χ2v) is 4.78. The van der Waals surface area contributed by atoms with Gasteiger partial charge >= 0.3 is 6.03 Å². The van der Waals surface area contributed by atoms with Crippen molar-refractivity contribution in [3.63, 3.8) is 0 Å². The number of urea groups is 1. The van der Waals surface area contributed by atoms with Crippen LogP contribution in [-0.4, -0.2) is 26.3 Å². The van der Waals surface area contributed by atoms with Crippen molar-refractivity contribution in [2.24, 2.45) is 0 Å². The number of benzene rings is 2. The van der Waals surface area contributed by atoms with Crippen LogP contribution < -0.4 is 20.1 Å². The van der Waals surface area contributed by atoms with Gasteiger partial charge < -0.3 is 20.1 Å². The van der Waals surface area contributed by atoms with E-state index in [0.717, 1.165) is 17.0 Å². The number of amides is 2. The zero-order chi connectivity index (χ0) is 15.8. The summed E-state index contributed by atoms with van der Waals surface area (Å²) in [5.41, 5.74) is 1.87. The summed E-state index contributed by atoms with van der Waals surface area (Å²) in [6.45, 7) is 2.77. The molecule has 0 unspecified atom stereocenters. The van der Waals surface area contributed by atoms with Gasteiger partial charge in [0.25, 0.3) is 0 Å². The molecule has 0 aliphatic rings. The Kier molecular flexibility index (Phi) is 5.65. The molecule has 5 nitrogen and oxygen atoms in total. The molecule has 2 N–H and O–H groups in total. The van der Waals surface area contributed by atoms with E-state index in [4.69, 9.17) is 9.47 Å². The van der Waals surface area contributed by atoms with E-state index in [9.17, 15) is 4.79 Å². The van der Waals surface area contributed by atoms with Crippen LogP contribution in [0.1, 0.15) is 5.56 Å². The Morgan fingerprint density at radius 2 is 1.86 bits per heavy atom. The molecule has 0 saturated carbocycles. The van der Waals surface area contributed by atoms with Crippen molar-refractivity contribution >= 4 is 11.7 Å². The Balaban J connectivity index is 1.70. The fourth-order valence-corrected chi connectivity index (χ4v) is 1.92. The molecule has 0 fully saturated rings. The molecular formula is C17H20N2O3. The van der Waals surface area contributed by atoms with Crippen LogP contribution in [0.2, 0.25) is 0 Å². The van der Waals surface area contributed by atoms with Crippen molar-refractivity contribution in [2.75, 3.05) is 25.6 Å². The Morgan fingerprint density at radius 1 is 1.09 bits per heavy atom. The Hall–Kier alpha value is -2.69. The number of carbonyl (C=O) groups is 1. The molecule has 2 aromatic carbocycles. The van der Waals surface area contributed by atoms with Crippen molar-refractivity contribution in [1.82, 2.24) is 5.32 Å². The minimum Gasteiger partial charge on any atom is -0.497 e. The van der Waals surface area contributed by atoms with E-state index < -0.39 is 0 Å². The van der Waals surface area contributed by atoms with Crippen LogP contribution in [0.25, 0.3) is 0 Å². The van der Waals surface area contributed by atoms with E-state index in [1.807, 2.05) is 49.4 Å². The predicted molar refractivity (Wildman–Crippen MR) is 86.7 cm³/mol. The molecule has 0 aliphatic heterocycles. The summed E-state index contributed by atoms with van der Waals surface area (Å²) in [6.07, 6.45) is 0. The first kappa shape index (κ1) is 15.7. The first-order chi connectivity index (χ1) is 10.7. The molecule has 0 aromatic heterocycles. The number of aryl methyl sites for hydroxylation is 1. The van der Waals surface area contributed by atoms with Crippen LogP contribution in [0.4, 0.5) is 10.5 Å². The molecule has 2 aromatic rings. The highest BCUT2D eigenvalue weighted by Crippen LogP contribution is 2.18. The summed E-state index contributed by atoms with van der Waals surface area (Å²) in [4.78, 5) is 11.7. The molecule has 0 saturated heterocycles. The lowest BCUT2D eigenvalue weighted by Crippen LogP contribution is -2.32. The monoisotopic (exact) mass is 300 g/mol. The average Bonchev–Trinajstić information content (AvgIpc) is 2.52. The lowest BCUT2D eigenvalue weighted by Gasteiger charge is -2.10. The average molecular weight is 300 g/mol. The van der Waals surface area contributed by atoms with Crippen molar-refractivity contribution in [1.29, 1.82) is 0 Å². The van der Waals surface area contributed by atoms with E-state index in [2.05, 4.69) is 10.6 Å². The molecule has 0 atom stereocenters. The molecule has 0 bridgehead atoms. The number of hydrogen-bond donors (Lipinski definition) is 2. The second-order valence-electron chi connectivity index (χ2n) is 4.78. The third-order valence-corrected chi connectivity index (χ3v) is 2.97. The van der Waals surface area contributed by atoms with E-state index in [0.29, 0.717) is 18.9 Å². The number of methoxy groups -OCH3 is 1. The maximum atomic E-state index is 11.7. The van der Waals surface area contributed by atoms with Gasteiger partial charge in [0.05, 0.1) is 13.7 Å². The van der Waals surface area contributed by atoms with Crippen LogP contribution in [0.3, 0.4) is 0 Å². The highest BCUT2D eigenvalue weighted by atomic mass is 16.5. The normalized spacial score (nSPS) is 9.91. The summed E-state index contributed by atoms with van der Waals surface area (Å²) in [6, 6.07) is 14.7. The van der Waals surface area contributed by atoms with Crippen LogP contribution >= 0.6 is 0 Å². The predicted octanol–water partition coefficient (Wildman–Crippen LogP) is 3.20. The summed E-state index contributed by atoms with van der Waals surface area (Å²) in [7, 11) is 1.61. The quantitative estimate of drug-likeness (QED) is 0.805. The molecule has 2 amide bonds. The minimum atomic E-state index is -0.250. The number of nitrogens with one attached hydrogen (secondary N) is 2. The topological polar surface area (TPSA) is 59.6 Å². The van der Waals surface area contributed by atoms with Gasteiger partial charge in [0.2, 0.25) is 0 Å². The minimum absolute atomic E-state index is 0.250. The number of ether oxygens (including phenoxy) is 2. The molecule has 2 rings (SSSR count). The highest BCUT2D eigenvalue weighted by Gasteiger charge is 2.01. The maximum Gasteiger partial charge on any atom is 0.319 e. The SMILES string of the molecule is COc1cccc(OCCNC(=O)Nc2cccc(C)c2)c1. The van der Waals surface area contributed by atoms with Gasteiger partial charge in [-0.15, -0.1) is 0 Å². The molecule has 0 spiro atoms. The van der Waals surface area contributed by atoms with Crippen LogP contribution in [0.15, 0.2) is 48.5 Å². The Bertz CT molecular complexity index is 629. The molecule has 0 aliphatic carbocycles. The molecule has 5 heteroatoms. The van der Waals surface area contributed by atoms with Gasteiger partial charge in [-0.2, -0.15) is 0 Å². The van der Waals surface area contributed by atoms with Gasteiger partial charge in [-0.25, -0.2) is 4.79 Å². The summed E-state index contributed by atoms with van der Waals surface area (Å²) >= 11 is 0. The third kappa shape index (κ3) is 5.01. The summed E-state index contributed by atoms with van der Waals surface area (Å²) < 4.78 is 10.7. The highest BCUT2D eigenvalue weighted by molar-refractivity contribution is 5.89. The molecule has 22 heavy (non-hydrogen) atoms. The van der Waals surface area contributed by atoms with Crippen molar-refractivity contribution in [2.45, 2.75) is 6.92 Å². The lowest BCUT2D eigenvalue weighted by molar-refractivity contribution is 0.247. The number of hydrogen-bond acceptors (Lipinski definition) is 3. The molecule has 0 radical (unpaired) electrons. The maximum absolute atomic E-state index is 11.7. The third-order valence-electron chi connectivity index (χ3n) is 2.97. The fourth-order valence-electron chi connectivity index (χ4n) is 1.92. The Labute approximate surface area is 130 Å². The van der Waals surface area contributed by atoms with Gasteiger partial charge in [0.15, 0.2) is 0 Å². The van der Waals surface area contributed by atoms with E-state index in [1.165, 1.54) is 0 Å². The zero-order valence-corrected chi connectivity index (χ0v) is 12.8. The zero-order valence-electron chi connectivity index (χ0n) is 12.8. The molecule has 116 valence electrons. The van der Waals surface area contributed by atoms with Gasteiger partial charge in [-0.3, -0.25) is 0 Å². The number of rotatable bonds is 6. The molecular weight excluding hydrogens is 280 g/mol. The van der Waals surface area contributed by atoms with E-state index >= 15 is 0 Å². The first-order valence-electron chi connectivity index (χ1n) is 7.06. The van der Waals surface area contributed by atoms with Crippen molar-refractivity contribution in [3.8, 4) is 11.5 Å². The van der Waals surface area contributed by atoms with Crippen molar-refractivity contribution < 1.29 is 14.3 Å². The summed E-state index contributed by atoms with van der Waals surface area (Å²) in [5.74, 6) is 1.45. The lowest BCUT2D eigenvalue weighted by atomic mass is 10.2. The number of anilines is 1. The van der Waals surface area contributed by atoms with Gasteiger partial charge in [-0.05, 0) is 36.8 Å². The van der Waals surface area contributed by atoms with Crippen LogP contribution in [-0.2, 0) is 0 Å². The summed E-state index contributed by atoms with van der Waals surface area (Å²) in [5, 5.41) is 5.52. The van der Waals surface area contributed by atoms with Crippen molar-refractivity contribution in [3.05, 3.63) is 54.1 Å². The fraction of sp³-hybridized carbons (Fsp3) is 0.235. The molecule has 0 heterocycles.